The zero-order chi connectivity index (χ0) is 40.0. The van der Waals surface area contributed by atoms with Gasteiger partial charge in [-0.25, -0.2) is 15.0 Å². The Kier molecular flexibility index (Phi) is 7.47. The van der Waals surface area contributed by atoms with Gasteiger partial charge in [0.25, 0.3) is 0 Å². The monoisotopic (exact) mass is 770 g/mol. The largest absolute Gasteiger partial charge is 0.310 e. The topological polar surface area (TPSA) is 51.8 Å². The summed E-state index contributed by atoms with van der Waals surface area (Å²) >= 11 is 0. The van der Waals surface area contributed by atoms with Crippen LogP contribution in [0.15, 0.2) is 195 Å². The number of hydrogen-bond donors (Lipinski definition) is 0. The molecule has 1 aliphatic rings. The van der Waals surface area contributed by atoms with Crippen molar-refractivity contribution in [2.45, 2.75) is 19.3 Å². The standard InChI is InChI=1S/C54H38N6/c1-54(2)46-18-10-8-14-40(46)41-26-25-39(31-47(41)54)59(51-29-28-49(42-15-6-7-16-43(42)51)58-34-57-48-32-55-33-56-53(48)58)38-23-20-35(21-24-38)36-22-27-52-45(30-36)44-17-9-11-19-50(44)60(52)37-12-4-3-5-13-37/h3-34H,1-2H3. The van der Waals surface area contributed by atoms with Crippen LogP contribution in [0.2, 0.25) is 0 Å². The Morgan fingerprint density at radius 1 is 0.517 bits per heavy atom. The van der Waals surface area contributed by atoms with Gasteiger partial charge in [0, 0.05) is 44.0 Å². The molecule has 0 spiro atoms. The molecule has 0 atom stereocenters. The van der Waals surface area contributed by atoms with Gasteiger partial charge in [-0.1, -0.05) is 123 Å². The first-order chi connectivity index (χ1) is 29.5. The quantitative estimate of drug-likeness (QED) is 0.169. The maximum Gasteiger partial charge on any atom is 0.167 e. The first-order valence-corrected chi connectivity index (χ1v) is 20.4. The number of anilines is 3. The summed E-state index contributed by atoms with van der Waals surface area (Å²) in [4.78, 5) is 15.8. The molecular weight excluding hydrogens is 733 g/mol. The molecule has 8 aromatic carbocycles. The van der Waals surface area contributed by atoms with Crippen LogP contribution in [0.25, 0.3) is 77.4 Å². The Bertz CT molecular complexity index is 3470. The van der Waals surface area contributed by atoms with E-state index >= 15 is 0 Å². The summed E-state index contributed by atoms with van der Waals surface area (Å²) in [6.45, 7) is 4.69. The molecule has 3 aromatic heterocycles. The second kappa shape index (κ2) is 13.1. The number of aromatic nitrogens is 5. The van der Waals surface area contributed by atoms with Crippen LogP contribution in [0.4, 0.5) is 17.1 Å². The molecule has 11 aromatic rings. The molecule has 6 nitrogen and oxygen atoms in total. The number of para-hydroxylation sites is 2. The van der Waals surface area contributed by atoms with Crippen LogP contribution in [0.5, 0.6) is 0 Å². The smallest absolute Gasteiger partial charge is 0.167 e. The predicted molar refractivity (Wildman–Crippen MR) is 246 cm³/mol. The van der Waals surface area contributed by atoms with Crippen molar-refractivity contribution in [2.24, 2.45) is 0 Å². The lowest BCUT2D eigenvalue weighted by molar-refractivity contribution is 0.660. The molecule has 284 valence electrons. The molecule has 0 unspecified atom stereocenters. The highest BCUT2D eigenvalue weighted by Gasteiger charge is 2.36. The average molecular weight is 771 g/mol. The molecule has 0 bridgehead atoms. The van der Waals surface area contributed by atoms with Gasteiger partial charge in [-0.05, 0) is 100 Å². The minimum atomic E-state index is -0.143. The van der Waals surface area contributed by atoms with E-state index in [2.05, 4.69) is 219 Å². The molecule has 0 saturated heterocycles. The number of nitrogens with zero attached hydrogens (tertiary/aromatic N) is 6. The second-order valence-electron chi connectivity index (χ2n) is 16.2. The van der Waals surface area contributed by atoms with E-state index in [1.807, 2.05) is 6.33 Å². The number of fused-ring (bicyclic) bond motifs is 8. The van der Waals surface area contributed by atoms with Crippen LogP contribution in [0, 0.1) is 0 Å². The second-order valence-corrected chi connectivity index (χ2v) is 16.2. The Morgan fingerprint density at radius 2 is 1.22 bits per heavy atom. The summed E-state index contributed by atoms with van der Waals surface area (Å²) in [5.41, 5.74) is 16.9. The van der Waals surface area contributed by atoms with E-state index in [1.165, 1.54) is 49.6 Å². The lowest BCUT2D eigenvalue weighted by Crippen LogP contribution is -2.16. The summed E-state index contributed by atoms with van der Waals surface area (Å²) in [7, 11) is 0. The number of rotatable bonds is 6. The molecule has 1 aliphatic carbocycles. The van der Waals surface area contributed by atoms with Crippen molar-refractivity contribution in [3.8, 4) is 33.6 Å². The summed E-state index contributed by atoms with van der Waals surface area (Å²) in [5.74, 6) is 0. The zero-order valence-electron chi connectivity index (χ0n) is 33.2. The summed E-state index contributed by atoms with van der Waals surface area (Å²) < 4.78 is 4.43. The predicted octanol–water partition coefficient (Wildman–Crippen LogP) is 13.5. The number of benzene rings is 8. The fraction of sp³-hybridized carbons (Fsp3) is 0.0556. The lowest BCUT2D eigenvalue weighted by Gasteiger charge is -2.29. The highest BCUT2D eigenvalue weighted by atomic mass is 15.2. The van der Waals surface area contributed by atoms with Crippen LogP contribution in [-0.4, -0.2) is 24.1 Å². The van der Waals surface area contributed by atoms with Crippen molar-refractivity contribution < 1.29 is 0 Å². The fourth-order valence-corrected chi connectivity index (χ4v) is 9.69. The van der Waals surface area contributed by atoms with Gasteiger partial charge in [0.15, 0.2) is 5.65 Å². The molecular formula is C54H38N6. The SMILES string of the molecule is CC1(C)c2ccccc2-c2ccc(N(c3ccc(-c4ccc5c(c4)c4ccccc4n5-c4ccccc4)cc3)c3ccc(-n4cnc5cncnc54)c4ccccc34)cc21. The summed E-state index contributed by atoms with van der Waals surface area (Å²) in [5, 5.41) is 4.71. The maximum atomic E-state index is 4.62. The molecule has 0 N–H and O–H groups in total. The van der Waals surface area contributed by atoms with Crippen LogP contribution in [0.3, 0.4) is 0 Å². The van der Waals surface area contributed by atoms with Crippen molar-refractivity contribution in [3.63, 3.8) is 0 Å². The third-order valence-corrected chi connectivity index (χ3v) is 12.6. The molecule has 60 heavy (non-hydrogen) atoms. The number of hydrogen-bond acceptors (Lipinski definition) is 4. The Hall–Kier alpha value is -7.83. The number of imidazole rings is 1. The van der Waals surface area contributed by atoms with E-state index in [0.717, 1.165) is 55.9 Å². The molecule has 0 radical (unpaired) electrons. The molecule has 0 fully saturated rings. The van der Waals surface area contributed by atoms with Crippen molar-refractivity contribution in [1.82, 2.24) is 24.1 Å². The highest BCUT2D eigenvalue weighted by Crippen LogP contribution is 2.51. The molecule has 0 amide bonds. The molecule has 6 heteroatoms. The van der Waals surface area contributed by atoms with Gasteiger partial charge in [0.2, 0.25) is 0 Å². The normalized spacial score (nSPS) is 13.0. The van der Waals surface area contributed by atoms with E-state index in [1.54, 1.807) is 12.5 Å². The van der Waals surface area contributed by atoms with Gasteiger partial charge in [-0.15, -0.1) is 0 Å². The van der Waals surface area contributed by atoms with Crippen LogP contribution in [-0.2, 0) is 5.41 Å². The van der Waals surface area contributed by atoms with Gasteiger partial charge in [-0.3, -0.25) is 4.57 Å². The van der Waals surface area contributed by atoms with Gasteiger partial charge in [0.1, 0.15) is 18.2 Å². The Labute approximate surface area is 347 Å². The van der Waals surface area contributed by atoms with E-state index in [9.17, 15) is 0 Å². The van der Waals surface area contributed by atoms with E-state index in [-0.39, 0.29) is 5.41 Å². The minimum absolute atomic E-state index is 0.143. The van der Waals surface area contributed by atoms with E-state index in [0.29, 0.717) is 0 Å². The van der Waals surface area contributed by atoms with E-state index in [4.69, 9.17) is 0 Å². The van der Waals surface area contributed by atoms with Crippen LogP contribution < -0.4 is 4.90 Å². The zero-order valence-corrected chi connectivity index (χ0v) is 33.2. The van der Waals surface area contributed by atoms with Crippen molar-refractivity contribution in [2.75, 3.05) is 4.90 Å². The van der Waals surface area contributed by atoms with Crippen molar-refractivity contribution in [3.05, 3.63) is 206 Å². The molecule has 12 rings (SSSR count). The maximum absolute atomic E-state index is 4.62. The Morgan fingerprint density at radius 3 is 2.08 bits per heavy atom. The van der Waals surface area contributed by atoms with Gasteiger partial charge >= 0.3 is 0 Å². The van der Waals surface area contributed by atoms with Crippen molar-refractivity contribution in [1.29, 1.82) is 0 Å². The third-order valence-electron chi connectivity index (χ3n) is 12.6. The minimum Gasteiger partial charge on any atom is -0.310 e. The average Bonchev–Trinajstić information content (AvgIpc) is 3.95. The van der Waals surface area contributed by atoms with Gasteiger partial charge in [0.05, 0.1) is 28.6 Å². The van der Waals surface area contributed by atoms with Gasteiger partial charge < -0.3 is 9.47 Å². The third kappa shape index (κ3) is 5.10. The first-order valence-electron chi connectivity index (χ1n) is 20.4. The summed E-state index contributed by atoms with van der Waals surface area (Å²) in [6, 6.07) is 64.2. The molecule has 3 heterocycles. The first kappa shape index (κ1) is 34.2. The van der Waals surface area contributed by atoms with E-state index < -0.39 is 0 Å². The van der Waals surface area contributed by atoms with Gasteiger partial charge in [-0.2, -0.15) is 0 Å². The van der Waals surface area contributed by atoms with Crippen LogP contribution >= 0.6 is 0 Å². The molecule has 0 aliphatic heterocycles. The van der Waals surface area contributed by atoms with Crippen LogP contribution in [0.1, 0.15) is 25.0 Å². The lowest BCUT2D eigenvalue weighted by atomic mass is 9.82. The van der Waals surface area contributed by atoms with Crippen molar-refractivity contribution >= 4 is 60.8 Å². The fourth-order valence-electron chi connectivity index (χ4n) is 9.69. The highest BCUT2D eigenvalue weighted by molar-refractivity contribution is 6.10. The summed E-state index contributed by atoms with van der Waals surface area (Å²) in [6.07, 6.45) is 5.18. The molecule has 0 saturated carbocycles. The Balaban J connectivity index is 1.02.